The van der Waals surface area contributed by atoms with E-state index in [9.17, 15) is 4.79 Å². The lowest BCUT2D eigenvalue weighted by atomic mass is 10.2. The van der Waals surface area contributed by atoms with Crippen molar-refractivity contribution in [3.63, 3.8) is 0 Å². The van der Waals surface area contributed by atoms with Crippen LogP contribution in [0.1, 0.15) is 32.8 Å². The molecule has 0 aliphatic heterocycles. The number of urea groups is 1. The van der Waals surface area contributed by atoms with E-state index >= 15 is 0 Å². The molecule has 0 spiro atoms. The summed E-state index contributed by atoms with van der Waals surface area (Å²) in [5.41, 5.74) is 3.37. The maximum atomic E-state index is 11.7. The van der Waals surface area contributed by atoms with Crippen LogP contribution in [-0.2, 0) is 0 Å². The molecule has 0 heterocycles. The SMILES string of the molecule is C=C(/C=C\C(=C)NC(=O)Nc1cccc(C)c1)CC.CC. The van der Waals surface area contributed by atoms with Crippen LogP contribution in [0.4, 0.5) is 10.5 Å². The van der Waals surface area contributed by atoms with Crippen LogP contribution in [0.15, 0.2) is 60.8 Å². The zero-order chi connectivity index (χ0) is 16.3. The third-order valence-corrected chi connectivity index (χ3v) is 2.52. The summed E-state index contributed by atoms with van der Waals surface area (Å²) >= 11 is 0. The number of carbonyl (C=O) groups is 1. The minimum Gasteiger partial charge on any atom is -0.308 e. The Bertz CT molecular complexity index is 516. The van der Waals surface area contributed by atoms with Crippen LogP contribution < -0.4 is 10.6 Å². The number of hydrogen-bond acceptors (Lipinski definition) is 1. The second-order valence-electron chi connectivity index (χ2n) is 4.32. The number of anilines is 1. The number of amides is 2. The third kappa shape index (κ3) is 8.47. The molecule has 0 saturated carbocycles. The van der Waals surface area contributed by atoms with Crippen molar-refractivity contribution in [3.05, 3.63) is 66.4 Å². The lowest BCUT2D eigenvalue weighted by molar-refractivity contribution is 0.254. The molecule has 3 heteroatoms. The summed E-state index contributed by atoms with van der Waals surface area (Å²) in [4.78, 5) is 11.7. The molecule has 0 aliphatic rings. The highest BCUT2D eigenvalue weighted by Crippen LogP contribution is 2.09. The Labute approximate surface area is 128 Å². The molecule has 0 unspecified atom stereocenters. The molecule has 21 heavy (non-hydrogen) atoms. The van der Waals surface area contributed by atoms with Crippen molar-refractivity contribution in [1.82, 2.24) is 5.32 Å². The maximum Gasteiger partial charge on any atom is 0.323 e. The lowest BCUT2D eigenvalue weighted by Gasteiger charge is -2.08. The van der Waals surface area contributed by atoms with E-state index in [0.717, 1.165) is 23.2 Å². The van der Waals surface area contributed by atoms with Crippen LogP contribution >= 0.6 is 0 Å². The molecule has 0 fully saturated rings. The van der Waals surface area contributed by atoms with E-state index in [-0.39, 0.29) is 6.03 Å². The highest BCUT2D eigenvalue weighted by Gasteiger charge is 2.01. The van der Waals surface area contributed by atoms with E-state index < -0.39 is 0 Å². The molecule has 3 nitrogen and oxygen atoms in total. The molecule has 0 atom stereocenters. The first-order chi connectivity index (χ1) is 10.0. The Balaban J connectivity index is 0.00000191. The number of benzene rings is 1. The Kier molecular flexibility index (Phi) is 9.35. The fourth-order valence-electron chi connectivity index (χ4n) is 1.41. The molecule has 2 amide bonds. The summed E-state index contributed by atoms with van der Waals surface area (Å²) in [6, 6.07) is 7.30. The van der Waals surface area contributed by atoms with E-state index in [1.54, 1.807) is 6.08 Å². The normalized spacial score (nSPS) is 9.52. The van der Waals surface area contributed by atoms with E-state index in [2.05, 4.69) is 23.8 Å². The molecular formula is C18H26N2O. The average molecular weight is 286 g/mol. The summed E-state index contributed by atoms with van der Waals surface area (Å²) in [6.07, 6.45) is 4.45. The molecule has 0 aromatic heterocycles. The lowest BCUT2D eigenvalue weighted by Crippen LogP contribution is -2.27. The molecular weight excluding hydrogens is 260 g/mol. The van der Waals surface area contributed by atoms with Crippen LogP contribution in [0.25, 0.3) is 0 Å². The second-order valence-corrected chi connectivity index (χ2v) is 4.32. The minimum atomic E-state index is -0.303. The van der Waals surface area contributed by atoms with Crippen LogP contribution in [0.5, 0.6) is 0 Å². The molecule has 1 rings (SSSR count). The molecule has 2 N–H and O–H groups in total. The Morgan fingerprint density at radius 3 is 2.48 bits per heavy atom. The van der Waals surface area contributed by atoms with Gasteiger partial charge in [0, 0.05) is 11.4 Å². The molecule has 0 aliphatic carbocycles. The summed E-state index contributed by atoms with van der Waals surface area (Å²) in [6.45, 7) is 15.6. The predicted molar refractivity (Wildman–Crippen MR) is 92.4 cm³/mol. The Morgan fingerprint density at radius 1 is 1.24 bits per heavy atom. The molecule has 0 bridgehead atoms. The zero-order valence-corrected chi connectivity index (χ0v) is 13.5. The molecule has 114 valence electrons. The van der Waals surface area contributed by atoms with Gasteiger partial charge in [-0.25, -0.2) is 4.79 Å². The number of carbonyl (C=O) groups excluding carboxylic acids is 1. The number of aryl methyl sites for hydroxylation is 1. The van der Waals surface area contributed by atoms with Gasteiger partial charge in [-0.15, -0.1) is 0 Å². The quantitative estimate of drug-likeness (QED) is 0.719. The number of rotatable bonds is 5. The van der Waals surface area contributed by atoms with Gasteiger partial charge in [0.15, 0.2) is 0 Å². The highest BCUT2D eigenvalue weighted by molar-refractivity contribution is 5.90. The zero-order valence-electron chi connectivity index (χ0n) is 13.5. The third-order valence-electron chi connectivity index (χ3n) is 2.52. The number of nitrogens with one attached hydrogen (secondary N) is 2. The van der Waals surface area contributed by atoms with Gasteiger partial charge in [-0.05, 0) is 37.1 Å². The molecule has 0 saturated heterocycles. The van der Waals surface area contributed by atoms with Crippen molar-refractivity contribution in [3.8, 4) is 0 Å². The van der Waals surface area contributed by atoms with Gasteiger partial charge in [-0.1, -0.05) is 57.7 Å². The van der Waals surface area contributed by atoms with Crippen molar-refractivity contribution in [2.75, 3.05) is 5.32 Å². The predicted octanol–water partition coefficient (Wildman–Crippen LogP) is 5.18. The first kappa shape index (κ1) is 18.7. The van der Waals surface area contributed by atoms with Crippen molar-refractivity contribution in [2.45, 2.75) is 34.1 Å². The van der Waals surface area contributed by atoms with Crippen molar-refractivity contribution < 1.29 is 4.79 Å². The maximum absolute atomic E-state index is 11.7. The van der Waals surface area contributed by atoms with Gasteiger partial charge >= 0.3 is 6.03 Å². The number of allylic oxidation sites excluding steroid dienone is 3. The van der Waals surface area contributed by atoms with Crippen molar-refractivity contribution >= 4 is 11.7 Å². The average Bonchev–Trinajstić information content (AvgIpc) is 2.46. The monoisotopic (exact) mass is 286 g/mol. The van der Waals surface area contributed by atoms with Crippen LogP contribution in [0, 0.1) is 6.92 Å². The van der Waals surface area contributed by atoms with E-state index in [1.807, 2.05) is 58.0 Å². The van der Waals surface area contributed by atoms with E-state index in [4.69, 9.17) is 0 Å². The second kappa shape index (κ2) is 10.5. The topological polar surface area (TPSA) is 41.1 Å². The van der Waals surface area contributed by atoms with Gasteiger partial charge < -0.3 is 10.6 Å². The number of hydrogen-bond donors (Lipinski definition) is 2. The fourth-order valence-corrected chi connectivity index (χ4v) is 1.41. The van der Waals surface area contributed by atoms with Crippen LogP contribution in [0.3, 0.4) is 0 Å². The van der Waals surface area contributed by atoms with Crippen LogP contribution in [0.2, 0.25) is 0 Å². The van der Waals surface area contributed by atoms with Crippen molar-refractivity contribution in [1.29, 1.82) is 0 Å². The van der Waals surface area contributed by atoms with E-state index in [0.29, 0.717) is 5.70 Å². The molecule has 0 radical (unpaired) electrons. The summed E-state index contributed by atoms with van der Waals surface area (Å²) in [5, 5.41) is 5.40. The van der Waals surface area contributed by atoms with Gasteiger partial charge in [0.1, 0.15) is 0 Å². The highest BCUT2D eigenvalue weighted by atomic mass is 16.2. The smallest absolute Gasteiger partial charge is 0.308 e. The first-order valence-corrected chi connectivity index (χ1v) is 7.20. The summed E-state index contributed by atoms with van der Waals surface area (Å²) in [7, 11) is 0. The first-order valence-electron chi connectivity index (χ1n) is 7.20. The summed E-state index contributed by atoms with van der Waals surface area (Å²) < 4.78 is 0. The van der Waals surface area contributed by atoms with Gasteiger partial charge in [-0.2, -0.15) is 0 Å². The van der Waals surface area contributed by atoms with Gasteiger partial charge in [0.2, 0.25) is 0 Å². The van der Waals surface area contributed by atoms with E-state index in [1.165, 1.54) is 0 Å². The molecule has 1 aromatic carbocycles. The van der Waals surface area contributed by atoms with Gasteiger partial charge in [-0.3, -0.25) is 0 Å². The van der Waals surface area contributed by atoms with Crippen LogP contribution in [-0.4, -0.2) is 6.03 Å². The van der Waals surface area contributed by atoms with Gasteiger partial charge in [0.25, 0.3) is 0 Å². The van der Waals surface area contributed by atoms with Crippen molar-refractivity contribution in [2.24, 2.45) is 0 Å². The summed E-state index contributed by atoms with van der Waals surface area (Å²) in [5.74, 6) is 0. The standard InChI is InChI=1S/C16H20N2O.C2H6/c1-5-12(2)9-10-14(4)17-16(19)18-15-8-6-7-13(3)11-15;1-2/h6-11H,2,4-5H2,1,3H3,(H2,17,18,19);1-2H3/b10-9-;. The van der Waals surface area contributed by atoms with Gasteiger partial charge in [0.05, 0.1) is 0 Å². The molecule has 1 aromatic rings. The minimum absolute atomic E-state index is 0.303. The Hall–Kier alpha value is -2.29. The Morgan fingerprint density at radius 2 is 1.90 bits per heavy atom. The fraction of sp³-hybridized carbons (Fsp3) is 0.278. The largest absolute Gasteiger partial charge is 0.323 e.